The Bertz CT molecular complexity index is 340. The largest absolute Gasteiger partial charge is 0.477 e. The zero-order valence-corrected chi connectivity index (χ0v) is 10.3. The highest BCUT2D eigenvalue weighted by atomic mass is 16.5. The van der Waals surface area contributed by atoms with Crippen LogP contribution in [0.2, 0.25) is 0 Å². The van der Waals surface area contributed by atoms with Gasteiger partial charge in [-0.05, 0) is 24.5 Å². The second-order valence-electron chi connectivity index (χ2n) is 4.40. The number of hydrogen-bond donors (Lipinski definition) is 1. The van der Waals surface area contributed by atoms with E-state index < -0.39 is 0 Å². The Balaban J connectivity index is 1.98. The summed E-state index contributed by atoms with van der Waals surface area (Å²) >= 11 is 0. The summed E-state index contributed by atoms with van der Waals surface area (Å²) in [7, 11) is 0. The molecular formula is C13H20N2O2. The first-order valence-electron chi connectivity index (χ1n) is 6.22. The number of pyridine rings is 1. The molecule has 4 nitrogen and oxygen atoms in total. The number of nitrogens with zero attached hydrogens (tertiary/aromatic N) is 1. The summed E-state index contributed by atoms with van der Waals surface area (Å²) < 4.78 is 11.0. The molecule has 0 bridgehead atoms. The Hall–Kier alpha value is -1.13. The first-order valence-corrected chi connectivity index (χ1v) is 6.22. The van der Waals surface area contributed by atoms with Gasteiger partial charge in [0.15, 0.2) is 0 Å². The maximum absolute atomic E-state index is 5.73. The molecule has 94 valence electrons. The van der Waals surface area contributed by atoms with Crippen LogP contribution in [-0.2, 0) is 17.7 Å². The van der Waals surface area contributed by atoms with E-state index in [-0.39, 0.29) is 0 Å². The fraction of sp³-hybridized carbons (Fsp3) is 0.615. The molecule has 1 unspecified atom stereocenters. The molecule has 0 aromatic carbocycles. The molecule has 0 radical (unpaired) electrons. The van der Waals surface area contributed by atoms with E-state index >= 15 is 0 Å². The molecule has 1 aromatic heterocycles. The molecule has 2 rings (SSSR count). The Labute approximate surface area is 102 Å². The summed E-state index contributed by atoms with van der Waals surface area (Å²) in [5.74, 6) is 1.19. The average Bonchev–Trinajstić information content (AvgIpc) is 2.89. The van der Waals surface area contributed by atoms with Crippen molar-refractivity contribution in [1.82, 2.24) is 4.98 Å². The second kappa shape index (κ2) is 5.98. The predicted molar refractivity (Wildman–Crippen MR) is 65.9 cm³/mol. The smallest absolute Gasteiger partial charge is 0.213 e. The van der Waals surface area contributed by atoms with Crippen molar-refractivity contribution in [3.8, 4) is 5.88 Å². The van der Waals surface area contributed by atoms with Gasteiger partial charge in [-0.2, -0.15) is 0 Å². The first-order chi connectivity index (χ1) is 8.31. The molecular weight excluding hydrogens is 216 g/mol. The number of ether oxygens (including phenoxy) is 2. The fourth-order valence-electron chi connectivity index (χ4n) is 1.91. The lowest BCUT2D eigenvalue weighted by Gasteiger charge is -2.11. The third-order valence-electron chi connectivity index (χ3n) is 3.00. The van der Waals surface area contributed by atoms with Crippen molar-refractivity contribution in [2.75, 3.05) is 19.8 Å². The predicted octanol–water partition coefficient (Wildman–Crippen LogP) is 1.52. The lowest BCUT2D eigenvalue weighted by molar-refractivity contribution is 0.165. The number of rotatable bonds is 5. The first kappa shape index (κ1) is 12.3. The lowest BCUT2D eigenvalue weighted by atomic mass is 10.1. The van der Waals surface area contributed by atoms with Gasteiger partial charge in [0.2, 0.25) is 5.88 Å². The van der Waals surface area contributed by atoms with E-state index in [0.29, 0.717) is 24.9 Å². The molecule has 1 aromatic rings. The van der Waals surface area contributed by atoms with E-state index in [4.69, 9.17) is 15.2 Å². The highest BCUT2D eigenvalue weighted by molar-refractivity contribution is 5.25. The van der Waals surface area contributed by atoms with Crippen molar-refractivity contribution < 1.29 is 9.47 Å². The molecule has 2 heterocycles. The van der Waals surface area contributed by atoms with E-state index in [1.807, 2.05) is 12.1 Å². The van der Waals surface area contributed by atoms with Gasteiger partial charge < -0.3 is 15.2 Å². The van der Waals surface area contributed by atoms with Crippen LogP contribution in [-0.4, -0.2) is 24.8 Å². The van der Waals surface area contributed by atoms with Gasteiger partial charge in [0.1, 0.15) is 0 Å². The van der Waals surface area contributed by atoms with Crippen LogP contribution in [0.5, 0.6) is 5.88 Å². The molecule has 1 fully saturated rings. The van der Waals surface area contributed by atoms with Crippen LogP contribution >= 0.6 is 0 Å². The highest BCUT2D eigenvalue weighted by Crippen LogP contribution is 2.17. The minimum atomic E-state index is 0.503. The minimum absolute atomic E-state index is 0.503. The van der Waals surface area contributed by atoms with Gasteiger partial charge in [0.25, 0.3) is 0 Å². The van der Waals surface area contributed by atoms with Crippen LogP contribution in [0.3, 0.4) is 0 Å². The Morgan fingerprint density at radius 3 is 3.06 bits per heavy atom. The monoisotopic (exact) mass is 236 g/mol. The van der Waals surface area contributed by atoms with Crippen molar-refractivity contribution in [3.63, 3.8) is 0 Å². The maximum Gasteiger partial charge on any atom is 0.213 e. The summed E-state index contributed by atoms with van der Waals surface area (Å²) in [6.07, 6.45) is 1.98. The van der Waals surface area contributed by atoms with Gasteiger partial charge in [-0.1, -0.05) is 6.92 Å². The normalized spacial score (nSPS) is 19.5. The third-order valence-corrected chi connectivity index (χ3v) is 3.00. The van der Waals surface area contributed by atoms with Gasteiger partial charge in [-0.15, -0.1) is 0 Å². The second-order valence-corrected chi connectivity index (χ2v) is 4.40. The molecule has 1 aliphatic heterocycles. The summed E-state index contributed by atoms with van der Waals surface area (Å²) in [6.45, 7) is 4.95. The summed E-state index contributed by atoms with van der Waals surface area (Å²) in [6, 6.07) is 3.96. The minimum Gasteiger partial charge on any atom is -0.477 e. The molecule has 17 heavy (non-hydrogen) atoms. The third kappa shape index (κ3) is 3.41. The summed E-state index contributed by atoms with van der Waals surface area (Å²) in [4.78, 5) is 4.44. The van der Waals surface area contributed by atoms with E-state index in [9.17, 15) is 0 Å². The summed E-state index contributed by atoms with van der Waals surface area (Å²) in [5, 5.41) is 0. The van der Waals surface area contributed by atoms with Gasteiger partial charge in [0, 0.05) is 30.8 Å². The van der Waals surface area contributed by atoms with Crippen LogP contribution in [0.25, 0.3) is 0 Å². The van der Waals surface area contributed by atoms with Crippen molar-refractivity contribution in [2.24, 2.45) is 11.7 Å². The summed E-state index contributed by atoms with van der Waals surface area (Å²) in [5.41, 5.74) is 7.77. The van der Waals surface area contributed by atoms with Gasteiger partial charge in [0.05, 0.1) is 13.2 Å². The molecule has 0 spiro atoms. The van der Waals surface area contributed by atoms with Crippen LogP contribution in [0.15, 0.2) is 12.1 Å². The Kier molecular flexibility index (Phi) is 4.34. The van der Waals surface area contributed by atoms with E-state index in [2.05, 4.69) is 11.9 Å². The molecule has 0 amide bonds. The molecule has 1 atom stereocenters. The Morgan fingerprint density at radius 1 is 1.53 bits per heavy atom. The van der Waals surface area contributed by atoms with E-state index in [1.54, 1.807) is 0 Å². The number of aromatic nitrogens is 1. The van der Waals surface area contributed by atoms with Crippen molar-refractivity contribution in [3.05, 3.63) is 23.4 Å². The molecule has 1 aliphatic rings. The van der Waals surface area contributed by atoms with Crippen LogP contribution in [0.1, 0.15) is 24.6 Å². The van der Waals surface area contributed by atoms with Crippen molar-refractivity contribution >= 4 is 0 Å². The average molecular weight is 236 g/mol. The van der Waals surface area contributed by atoms with Crippen LogP contribution in [0, 0.1) is 5.92 Å². The van der Waals surface area contributed by atoms with Crippen LogP contribution in [0.4, 0.5) is 0 Å². The highest BCUT2D eigenvalue weighted by Gasteiger charge is 2.16. The standard InChI is InChI=1S/C13H20N2O2/c1-2-12-5-11(7-14)6-13(15-12)17-9-10-3-4-16-8-10/h5-6,10H,2-4,7-9,14H2,1H3. The van der Waals surface area contributed by atoms with Gasteiger partial charge in [-0.25, -0.2) is 4.98 Å². The zero-order valence-electron chi connectivity index (χ0n) is 10.3. The van der Waals surface area contributed by atoms with Crippen molar-refractivity contribution in [1.29, 1.82) is 0 Å². The van der Waals surface area contributed by atoms with Gasteiger partial charge in [-0.3, -0.25) is 0 Å². The number of nitrogens with two attached hydrogens (primary N) is 1. The maximum atomic E-state index is 5.73. The molecule has 0 saturated carbocycles. The molecule has 2 N–H and O–H groups in total. The topological polar surface area (TPSA) is 57.4 Å². The lowest BCUT2D eigenvalue weighted by Crippen LogP contribution is -2.13. The number of hydrogen-bond acceptors (Lipinski definition) is 4. The fourth-order valence-corrected chi connectivity index (χ4v) is 1.91. The van der Waals surface area contributed by atoms with Crippen LogP contribution < -0.4 is 10.5 Å². The van der Waals surface area contributed by atoms with Crippen molar-refractivity contribution in [2.45, 2.75) is 26.3 Å². The SMILES string of the molecule is CCc1cc(CN)cc(OCC2CCOC2)n1. The zero-order chi connectivity index (χ0) is 12.1. The Morgan fingerprint density at radius 2 is 2.41 bits per heavy atom. The molecule has 4 heteroatoms. The van der Waals surface area contributed by atoms with E-state index in [1.165, 1.54) is 0 Å². The quantitative estimate of drug-likeness (QED) is 0.842. The molecule has 1 saturated heterocycles. The number of aryl methyl sites for hydroxylation is 1. The van der Waals surface area contributed by atoms with Gasteiger partial charge >= 0.3 is 0 Å². The molecule has 0 aliphatic carbocycles. The van der Waals surface area contributed by atoms with E-state index in [0.717, 1.165) is 37.3 Å².